The molecule has 1 aromatic rings. The lowest BCUT2D eigenvalue weighted by molar-refractivity contribution is -0.119. The molecule has 0 spiro atoms. The number of carbonyl (C=O) groups excluding carboxylic acids is 2. The quantitative estimate of drug-likeness (QED) is 0.438. The molecule has 1 aromatic heterocycles. The first-order chi connectivity index (χ1) is 15.2. The molecule has 1 atom stereocenters. The summed E-state index contributed by atoms with van der Waals surface area (Å²) in [5, 5.41) is 8.31. The Morgan fingerprint density at radius 2 is 1.78 bits per heavy atom. The molecule has 0 saturated heterocycles. The number of nitrogens with zero attached hydrogens (tertiary/aromatic N) is 1. The van der Waals surface area contributed by atoms with Crippen molar-refractivity contribution in [3.8, 4) is 0 Å². The van der Waals surface area contributed by atoms with Crippen LogP contribution in [0.2, 0.25) is 0 Å². The van der Waals surface area contributed by atoms with E-state index in [2.05, 4.69) is 20.9 Å². The Labute approximate surface area is 186 Å². The van der Waals surface area contributed by atoms with Crippen LogP contribution in [-0.4, -0.2) is 50.4 Å². The summed E-state index contributed by atoms with van der Waals surface area (Å²) in [5.41, 5.74) is 0. The van der Waals surface area contributed by atoms with Crippen molar-refractivity contribution in [3.63, 3.8) is 0 Å². The van der Waals surface area contributed by atoms with Crippen LogP contribution >= 0.6 is 0 Å². The van der Waals surface area contributed by atoms with Gasteiger partial charge in [0, 0.05) is 12.2 Å². The molecule has 0 unspecified atom stereocenters. The van der Waals surface area contributed by atoms with Crippen molar-refractivity contribution in [1.82, 2.24) is 20.3 Å². The molecule has 1 heterocycles. The van der Waals surface area contributed by atoms with Crippen LogP contribution in [0.25, 0.3) is 0 Å². The van der Waals surface area contributed by atoms with Crippen molar-refractivity contribution in [1.29, 1.82) is 0 Å². The van der Waals surface area contributed by atoms with Gasteiger partial charge in [-0.05, 0) is 50.2 Å². The predicted molar refractivity (Wildman–Crippen MR) is 114 cm³/mol. The maximum atomic E-state index is 13.0. The van der Waals surface area contributed by atoms with Crippen molar-refractivity contribution in [2.24, 2.45) is 5.92 Å². The van der Waals surface area contributed by atoms with Gasteiger partial charge in [-0.15, -0.1) is 0 Å². The number of nitrogens with one attached hydrogen (secondary N) is 4. The van der Waals surface area contributed by atoms with E-state index >= 15 is 0 Å². The molecule has 0 bridgehead atoms. The first-order valence-electron chi connectivity index (χ1n) is 10.9. The summed E-state index contributed by atoms with van der Waals surface area (Å²) in [6, 6.07) is 1.47. The number of amides is 3. The molecular formula is C20H29F2N5O4S. The van der Waals surface area contributed by atoms with Gasteiger partial charge in [-0.25, -0.2) is 31.7 Å². The van der Waals surface area contributed by atoms with E-state index in [-0.39, 0.29) is 28.7 Å². The molecule has 0 aromatic carbocycles. The van der Waals surface area contributed by atoms with Gasteiger partial charge in [0.25, 0.3) is 6.43 Å². The van der Waals surface area contributed by atoms with Gasteiger partial charge in [0.1, 0.15) is 16.8 Å². The number of hydrogen-bond acceptors (Lipinski definition) is 5. The second-order valence-electron chi connectivity index (χ2n) is 8.23. The van der Waals surface area contributed by atoms with Crippen LogP contribution in [0.4, 0.5) is 19.4 Å². The van der Waals surface area contributed by atoms with E-state index in [0.29, 0.717) is 0 Å². The number of hydrogen-bond donors (Lipinski definition) is 4. The number of urea groups is 1. The highest BCUT2D eigenvalue weighted by Crippen LogP contribution is 2.27. The minimum atomic E-state index is -4.13. The molecular weight excluding hydrogens is 444 g/mol. The predicted octanol–water partition coefficient (Wildman–Crippen LogP) is 2.36. The van der Waals surface area contributed by atoms with Crippen molar-refractivity contribution >= 4 is 27.8 Å². The third-order valence-electron chi connectivity index (χ3n) is 5.86. The lowest BCUT2D eigenvalue weighted by Crippen LogP contribution is -2.54. The molecule has 0 radical (unpaired) electrons. The number of aromatic nitrogens is 1. The molecule has 3 rings (SSSR count). The standard InChI is InChI=1S/C20H29F2N5O4S/c21-16(22)12-24-32(30,31)15-9-10-17(23-11-15)26-19(28)18(13-5-2-1-3-6-13)27-20(29)25-14-7-4-8-14/h9-11,13-14,16,18,24H,1-8,12H2,(H,23,26,28)(H2,25,27,29)/t18-/m0/s1. The molecule has 2 aliphatic rings. The molecule has 4 N–H and O–H groups in total. The molecule has 0 aliphatic heterocycles. The Balaban J connectivity index is 1.64. The fraction of sp³-hybridized carbons (Fsp3) is 0.650. The molecule has 32 heavy (non-hydrogen) atoms. The number of halogens is 2. The maximum Gasteiger partial charge on any atom is 0.315 e. The molecule has 178 valence electrons. The Bertz CT molecular complexity index is 888. The van der Waals surface area contributed by atoms with Crippen LogP contribution < -0.4 is 20.7 Å². The van der Waals surface area contributed by atoms with Crippen molar-refractivity contribution < 1.29 is 26.8 Å². The van der Waals surface area contributed by atoms with Crippen molar-refractivity contribution in [3.05, 3.63) is 18.3 Å². The second kappa shape index (κ2) is 11.0. The van der Waals surface area contributed by atoms with Crippen LogP contribution in [0.1, 0.15) is 51.4 Å². The zero-order valence-corrected chi connectivity index (χ0v) is 18.5. The van der Waals surface area contributed by atoms with E-state index in [1.54, 1.807) is 4.72 Å². The van der Waals surface area contributed by atoms with Crippen LogP contribution in [0.5, 0.6) is 0 Å². The van der Waals surface area contributed by atoms with Crippen LogP contribution in [0.15, 0.2) is 23.2 Å². The van der Waals surface area contributed by atoms with Crippen LogP contribution in [0.3, 0.4) is 0 Å². The van der Waals surface area contributed by atoms with E-state index in [0.717, 1.165) is 57.6 Å². The zero-order chi connectivity index (χ0) is 23.1. The van der Waals surface area contributed by atoms with Gasteiger partial charge in [-0.1, -0.05) is 19.3 Å². The monoisotopic (exact) mass is 473 g/mol. The number of pyridine rings is 1. The Morgan fingerprint density at radius 3 is 2.34 bits per heavy atom. The molecule has 12 heteroatoms. The maximum absolute atomic E-state index is 13.0. The van der Waals surface area contributed by atoms with Crippen LogP contribution in [0, 0.1) is 5.92 Å². The molecule has 2 saturated carbocycles. The minimum Gasteiger partial charge on any atom is -0.335 e. The third-order valence-corrected chi connectivity index (χ3v) is 7.27. The smallest absolute Gasteiger partial charge is 0.315 e. The highest BCUT2D eigenvalue weighted by molar-refractivity contribution is 7.89. The number of carbonyl (C=O) groups is 2. The minimum absolute atomic E-state index is 0.00547. The van der Waals surface area contributed by atoms with E-state index in [1.807, 2.05) is 0 Å². The lowest BCUT2D eigenvalue weighted by atomic mass is 9.83. The first-order valence-corrected chi connectivity index (χ1v) is 12.3. The Hall–Kier alpha value is -2.34. The molecule has 2 fully saturated rings. The average molecular weight is 474 g/mol. The highest BCUT2D eigenvalue weighted by Gasteiger charge is 2.32. The summed E-state index contributed by atoms with van der Waals surface area (Å²) in [6.07, 6.45) is 5.80. The van der Waals surface area contributed by atoms with Gasteiger partial charge in [0.15, 0.2) is 0 Å². The topological polar surface area (TPSA) is 129 Å². The van der Waals surface area contributed by atoms with Gasteiger partial charge in [-0.2, -0.15) is 0 Å². The summed E-state index contributed by atoms with van der Waals surface area (Å²) in [5.74, 6) is -0.335. The van der Waals surface area contributed by atoms with E-state index in [9.17, 15) is 26.8 Å². The first kappa shape index (κ1) is 24.3. The summed E-state index contributed by atoms with van der Waals surface area (Å²) >= 11 is 0. The number of sulfonamides is 1. The van der Waals surface area contributed by atoms with Crippen molar-refractivity contribution in [2.75, 3.05) is 11.9 Å². The fourth-order valence-corrected chi connectivity index (χ4v) is 4.81. The second-order valence-corrected chi connectivity index (χ2v) is 10.00. The largest absolute Gasteiger partial charge is 0.335 e. The molecule has 9 nitrogen and oxygen atoms in total. The average Bonchev–Trinajstić information content (AvgIpc) is 2.74. The normalized spacial score (nSPS) is 18.6. The number of anilines is 1. The molecule has 2 aliphatic carbocycles. The SMILES string of the molecule is O=C(NC1CCC1)N[C@H](C(=O)Nc1ccc(S(=O)(=O)NCC(F)F)cn1)C1CCCCC1. The van der Waals surface area contributed by atoms with Gasteiger partial charge in [0.05, 0.1) is 6.54 Å². The Morgan fingerprint density at radius 1 is 1.06 bits per heavy atom. The summed E-state index contributed by atoms with van der Waals surface area (Å²) < 4.78 is 50.3. The number of rotatable bonds is 9. The van der Waals surface area contributed by atoms with Gasteiger partial charge in [-0.3, -0.25) is 4.79 Å². The van der Waals surface area contributed by atoms with E-state index in [1.165, 1.54) is 12.1 Å². The third kappa shape index (κ3) is 6.83. The summed E-state index contributed by atoms with van der Waals surface area (Å²) in [4.78, 5) is 29.0. The van der Waals surface area contributed by atoms with Gasteiger partial charge < -0.3 is 16.0 Å². The van der Waals surface area contributed by atoms with Crippen molar-refractivity contribution in [2.45, 2.75) is 74.8 Å². The highest BCUT2D eigenvalue weighted by atomic mass is 32.2. The van der Waals surface area contributed by atoms with E-state index < -0.39 is 34.9 Å². The number of alkyl halides is 2. The summed E-state index contributed by atoms with van der Waals surface area (Å²) in [7, 11) is -4.13. The molecule has 3 amide bonds. The fourth-order valence-electron chi connectivity index (χ4n) is 3.86. The zero-order valence-electron chi connectivity index (χ0n) is 17.6. The van der Waals surface area contributed by atoms with Gasteiger partial charge >= 0.3 is 6.03 Å². The summed E-state index contributed by atoms with van der Waals surface area (Å²) in [6.45, 7) is -1.00. The van der Waals surface area contributed by atoms with Gasteiger partial charge in [0.2, 0.25) is 15.9 Å². The van der Waals surface area contributed by atoms with E-state index in [4.69, 9.17) is 0 Å². The van der Waals surface area contributed by atoms with Crippen LogP contribution in [-0.2, 0) is 14.8 Å². The Kier molecular flexibility index (Phi) is 8.35. The lowest BCUT2D eigenvalue weighted by Gasteiger charge is -2.32.